The van der Waals surface area contributed by atoms with Gasteiger partial charge in [-0.3, -0.25) is 4.79 Å². The maximum absolute atomic E-state index is 11.5. The Morgan fingerprint density at radius 1 is 1.50 bits per heavy atom. The van der Waals surface area contributed by atoms with Gasteiger partial charge in [0.15, 0.2) is 5.25 Å². The fraction of sp³-hybridized carbons (Fsp3) is 0.364. The average Bonchev–Trinajstić information content (AvgIpc) is 2.27. The second-order valence-corrected chi connectivity index (χ2v) is 6.32. The van der Waals surface area contributed by atoms with Gasteiger partial charge in [-0.2, -0.15) is 0 Å². The van der Waals surface area contributed by atoms with Crippen LogP contribution in [0.2, 0.25) is 5.02 Å². The Morgan fingerprint density at radius 3 is 2.72 bits per heavy atom. The highest BCUT2D eigenvalue weighted by Gasteiger charge is 2.26. The topological polar surface area (TPSA) is 83.5 Å². The van der Waals surface area contributed by atoms with E-state index >= 15 is 0 Å². The first-order valence-electron chi connectivity index (χ1n) is 5.28. The number of hydrogen-bond acceptors (Lipinski definition) is 3. The lowest BCUT2D eigenvalue weighted by atomic mass is 10.2. The fourth-order valence-electron chi connectivity index (χ4n) is 1.29. The van der Waals surface area contributed by atoms with Gasteiger partial charge in [0, 0.05) is 11.6 Å². The van der Waals surface area contributed by atoms with Crippen molar-refractivity contribution in [2.45, 2.75) is 18.6 Å². The Morgan fingerprint density at radius 2 is 2.17 bits per heavy atom. The second-order valence-electron chi connectivity index (χ2n) is 3.80. The fourth-order valence-corrected chi connectivity index (χ4v) is 2.40. The molecule has 0 aliphatic carbocycles. The zero-order chi connectivity index (χ0) is 13.8. The summed E-state index contributed by atoms with van der Waals surface area (Å²) in [6.45, 7) is 1.27. The number of rotatable bonds is 6. The Hall–Kier alpha value is -1.11. The number of nitrogens with one attached hydrogen (secondary N) is 1. The molecule has 0 heterocycles. The molecule has 2 N–H and O–H groups in total. The first-order valence-corrected chi connectivity index (χ1v) is 7.21. The minimum absolute atomic E-state index is 0.139. The van der Waals surface area contributed by atoms with Crippen LogP contribution in [0.3, 0.4) is 0 Å². The molecule has 1 aromatic carbocycles. The zero-order valence-corrected chi connectivity index (χ0v) is 11.3. The third-order valence-corrected chi connectivity index (χ3v) is 4.39. The summed E-state index contributed by atoms with van der Waals surface area (Å²) in [7, 11) is -3.82. The normalized spacial score (nSPS) is 13.2. The van der Waals surface area contributed by atoms with Crippen molar-refractivity contribution in [2.24, 2.45) is 0 Å². The summed E-state index contributed by atoms with van der Waals surface area (Å²) in [5, 5.41) is 7.75. The van der Waals surface area contributed by atoms with Crippen LogP contribution < -0.4 is 4.72 Å². The first-order chi connectivity index (χ1) is 8.33. The molecule has 18 heavy (non-hydrogen) atoms. The van der Waals surface area contributed by atoms with Crippen LogP contribution in [-0.4, -0.2) is 31.3 Å². The van der Waals surface area contributed by atoms with E-state index in [1.807, 2.05) is 6.07 Å². The summed E-state index contributed by atoms with van der Waals surface area (Å²) >= 11 is 5.79. The summed E-state index contributed by atoms with van der Waals surface area (Å²) < 4.78 is 25.3. The van der Waals surface area contributed by atoms with E-state index in [2.05, 4.69) is 4.72 Å². The van der Waals surface area contributed by atoms with Crippen LogP contribution in [0.5, 0.6) is 0 Å². The lowest BCUT2D eigenvalue weighted by Crippen LogP contribution is -2.38. The Bertz CT molecular complexity index is 530. The third kappa shape index (κ3) is 4.29. The molecule has 1 aromatic rings. The lowest BCUT2D eigenvalue weighted by molar-refractivity contribution is -0.136. The molecule has 100 valence electrons. The maximum Gasteiger partial charge on any atom is 0.323 e. The molecule has 0 saturated carbocycles. The van der Waals surface area contributed by atoms with E-state index in [1.165, 1.54) is 0 Å². The van der Waals surface area contributed by atoms with Gasteiger partial charge >= 0.3 is 5.97 Å². The van der Waals surface area contributed by atoms with Crippen molar-refractivity contribution in [3.63, 3.8) is 0 Å². The highest BCUT2D eigenvalue weighted by Crippen LogP contribution is 2.10. The van der Waals surface area contributed by atoms with Crippen LogP contribution in [-0.2, 0) is 21.2 Å². The van der Waals surface area contributed by atoms with Crippen molar-refractivity contribution in [3.8, 4) is 0 Å². The number of hydrogen-bond donors (Lipinski definition) is 2. The van der Waals surface area contributed by atoms with Crippen LogP contribution in [0.25, 0.3) is 0 Å². The number of halogens is 1. The summed E-state index contributed by atoms with van der Waals surface area (Å²) in [4.78, 5) is 10.6. The number of carbonyl (C=O) groups is 1. The van der Waals surface area contributed by atoms with Crippen LogP contribution in [0.4, 0.5) is 0 Å². The maximum atomic E-state index is 11.5. The van der Waals surface area contributed by atoms with Gasteiger partial charge in [0.05, 0.1) is 0 Å². The first kappa shape index (κ1) is 14.9. The second kappa shape index (κ2) is 6.17. The number of aliphatic carboxylic acids is 1. The van der Waals surface area contributed by atoms with E-state index in [-0.39, 0.29) is 6.54 Å². The summed E-state index contributed by atoms with van der Waals surface area (Å²) in [6.07, 6.45) is 0.451. The van der Waals surface area contributed by atoms with Crippen molar-refractivity contribution in [1.29, 1.82) is 0 Å². The molecular formula is C11H14ClNO4S. The predicted octanol–water partition coefficient (Wildman–Crippen LogP) is 1.27. The number of benzene rings is 1. The smallest absolute Gasteiger partial charge is 0.323 e. The van der Waals surface area contributed by atoms with Crippen LogP contribution in [0.1, 0.15) is 12.5 Å². The van der Waals surface area contributed by atoms with Crippen LogP contribution in [0, 0.1) is 0 Å². The number of sulfonamides is 1. The van der Waals surface area contributed by atoms with Crippen LogP contribution >= 0.6 is 11.6 Å². The molecule has 1 unspecified atom stereocenters. The molecule has 0 spiro atoms. The molecule has 7 heteroatoms. The summed E-state index contributed by atoms with van der Waals surface area (Å²) in [5.41, 5.74) is 0.883. The molecule has 0 amide bonds. The average molecular weight is 292 g/mol. The van der Waals surface area contributed by atoms with Crippen LogP contribution in [0.15, 0.2) is 24.3 Å². The van der Waals surface area contributed by atoms with Gasteiger partial charge in [-0.05, 0) is 31.0 Å². The molecule has 5 nitrogen and oxygen atoms in total. The summed E-state index contributed by atoms with van der Waals surface area (Å²) in [6, 6.07) is 7.05. The molecule has 0 aliphatic rings. The van der Waals surface area contributed by atoms with Crippen molar-refractivity contribution in [2.75, 3.05) is 6.54 Å². The monoisotopic (exact) mass is 291 g/mol. The van der Waals surface area contributed by atoms with Gasteiger partial charge in [0.1, 0.15) is 0 Å². The van der Waals surface area contributed by atoms with E-state index in [0.29, 0.717) is 11.4 Å². The van der Waals surface area contributed by atoms with Gasteiger partial charge < -0.3 is 5.11 Å². The van der Waals surface area contributed by atoms with Crippen molar-refractivity contribution in [1.82, 2.24) is 4.72 Å². The minimum Gasteiger partial charge on any atom is -0.480 e. The van der Waals surface area contributed by atoms with E-state index in [4.69, 9.17) is 16.7 Å². The number of carboxylic acid groups (broad SMARTS) is 1. The van der Waals surface area contributed by atoms with Crippen molar-refractivity contribution < 1.29 is 18.3 Å². The van der Waals surface area contributed by atoms with Gasteiger partial charge in [-0.25, -0.2) is 13.1 Å². The predicted molar refractivity (Wildman–Crippen MR) is 69.2 cm³/mol. The van der Waals surface area contributed by atoms with E-state index in [1.54, 1.807) is 18.2 Å². The largest absolute Gasteiger partial charge is 0.480 e. The molecule has 0 saturated heterocycles. The van der Waals surface area contributed by atoms with Gasteiger partial charge in [-0.1, -0.05) is 23.7 Å². The molecule has 0 radical (unpaired) electrons. The highest BCUT2D eigenvalue weighted by atomic mass is 35.5. The summed E-state index contributed by atoms with van der Waals surface area (Å²) in [5.74, 6) is -1.37. The Kier molecular flexibility index (Phi) is 5.13. The molecule has 1 atom stereocenters. The highest BCUT2D eigenvalue weighted by molar-refractivity contribution is 7.90. The number of carboxylic acids is 1. The SMILES string of the molecule is CC(C(=O)O)S(=O)(=O)NCCc1cccc(Cl)c1. The lowest BCUT2D eigenvalue weighted by Gasteiger charge is -2.10. The van der Waals surface area contributed by atoms with Crippen molar-refractivity contribution >= 4 is 27.6 Å². The van der Waals surface area contributed by atoms with E-state index < -0.39 is 21.2 Å². The van der Waals surface area contributed by atoms with Gasteiger partial charge in [-0.15, -0.1) is 0 Å². The molecule has 0 bridgehead atoms. The quantitative estimate of drug-likeness (QED) is 0.827. The van der Waals surface area contributed by atoms with Gasteiger partial charge in [0.2, 0.25) is 10.0 Å². The Balaban J connectivity index is 2.54. The molecular weight excluding hydrogens is 278 g/mol. The molecule has 0 fully saturated rings. The molecule has 0 aromatic heterocycles. The van der Waals surface area contributed by atoms with Gasteiger partial charge in [0.25, 0.3) is 0 Å². The minimum atomic E-state index is -3.82. The molecule has 0 aliphatic heterocycles. The third-order valence-electron chi connectivity index (χ3n) is 2.42. The standard InChI is InChI=1S/C11H14ClNO4S/c1-8(11(14)15)18(16,17)13-6-5-9-3-2-4-10(12)7-9/h2-4,7-8,13H,5-6H2,1H3,(H,14,15). The zero-order valence-electron chi connectivity index (χ0n) is 9.76. The van der Waals surface area contributed by atoms with E-state index in [0.717, 1.165) is 12.5 Å². The Labute approximate surface area is 111 Å². The van der Waals surface area contributed by atoms with E-state index in [9.17, 15) is 13.2 Å². The molecule has 1 rings (SSSR count). The van der Waals surface area contributed by atoms with Crippen molar-refractivity contribution in [3.05, 3.63) is 34.9 Å².